The summed E-state index contributed by atoms with van der Waals surface area (Å²) in [5.41, 5.74) is 2.64. The SMILES string of the molecule is CCNC(=NCc1ccccc1CN(C)C)NCC1CCCN1CC.I. The molecule has 0 spiro atoms. The Morgan fingerprint density at radius 1 is 1.19 bits per heavy atom. The first kappa shape index (κ1) is 23.2. The monoisotopic (exact) mass is 473 g/mol. The molecule has 2 rings (SSSR count). The molecule has 1 aromatic carbocycles. The standard InChI is InChI=1S/C20H35N5.HI/c1-5-21-20(23-15-19-12-9-13-25(19)6-2)22-14-17-10-7-8-11-18(17)16-24(3)4;/h7-8,10-11,19H,5-6,9,12-16H2,1-4H3,(H2,21,22,23);1H. The quantitative estimate of drug-likeness (QED) is 0.346. The predicted molar refractivity (Wildman–Crippen MR) is 122 cm³/mol. The van der Waals surface area contributed by atoms with Crippen molar-refractivity contribution in [3.05, 3.63) is 35.4 Å². The Labute approximate surface area is 176 Å². The third-order valence-electron chi connectivity index (χ3n) is 4.77. The molecule has 0 bridgehead atoms. The summed E-state index contributed by atoms with van der Waals surface area (Å²) >= 11 is 0. The summed E-state index contributed by atoms with van der Waals surface area (Å²) in [4.78, 5) is 9.58. The lowest BCUT2D eigenvalue weighted by molar-refractivity contribution is 0.267. The summed E-state index contributed by atoms with van der Waals surface area (Å²) in [6.07, 6.45) is 2.59. The van der Waals surface area contributed by atoms with Gasteiger partial charge in [-0.15, -0.1) is 24.0 Å². The van der Waals surface area contributed by atoms with Crippen LogP contribution in [0.1, 0.15) is 37.8 Å². The molecule has 1 aliphatic rings. The molecule has 26 heavy (non-hydrogen) atoms. The van der Waals surface area contributed by atoms with Gasteiger partial charge in [-0.3, -0.25) is 4.90 Å². The molecule has 0 saturated carbocycles. The van der Waals surface area contributed by atoms with Gasteiger partial charge in [-0.05, 0) is 58.1 Å². The van der Waals surface area contributed by atoms with Gasteiger partial charge in [0.15, 0.2) is 5.96 Å². The highest BCUT2D eigenvalue weighted by Gasteiger charge is 2.22. The van der Waals surface area contributed by atoms with Crippen molar-refractivity contribution in [2.45, 2.75) is 45.8 Å². The highest BCUT2D eigenvalue weighted by atomic mass is 127. The van der Waals surface area contributed by atoms with Crippen molar-refractivity contribution in [1.29, 1.82) is 0 Å². The van der Waals surface area contributed by atoms with Crippen molar-refractivity contribution in [3.63, 3.8) is 0 Å². The zero-order valence-corrected chi connectivity index (χ0v) is 19.1. The first-order valence-corrected chi connectivity index (χ1v) is 9.61. The summed E-state index contributed by atoms with van der Waals surface area (Å²) in [6.45, 7) is 10.2. The van der Waals surface area contributed by atoms with Gasteiger partial charge in [-0.25, -0.2) is 4.99 Å². The van der Waals surface area contributed by atoms with Gasteiger partial charge in [-0.1, -0.05) is 31.2 Å². The fraction of sp³-hybridized carbons (Fsp3) is 0.650. The van der Waals surface area contributed by atoms with Crippen LogP contribution >= 0.6 is 24.0 Å². The summed E-state index contributed by atoms with van der Waals surface area (Å²) in [5, 5.41) is 6.92. The Morgan fingerprint density at radius 2 is 1.92 bits per heavy atom. The molecule has 1 aliphatic heterocycles. The van der Waals surface area contributed by atoms with E-state index in [-0.39, 0.29) is 24.0 Å². The number of hydrogen-bond acceptors (Lipinski definition) is 3. The molecule has 0 aromatic heterocycles. The predicted octanol–water partition coefficient (Wildman–Crippen LogP) is 2.91. The van der Waals surface area contributed by atoms with Gasteiger partial charge >= 0.3 is 0 Å². The van der Waals surface area contributed by atoms with Gasteiger partial charge in [0.25, 0.3) is 0 Å². The van der Waals surface area contributed by atoms with E-state index in [0.29, 0.717) is 12.6 Å². The van der Waals surface area contributed by atoms with E-state index in [1.54, 1.807) is 0 Å². The molecule has 1 fully saturated rings. The Bertz CT molecular complexity index is 547. The lowest BCUT2D eigenvalue weighted by Crippen LogP contribution is -2.44. The number of benzene rings is 1. The Balaban J connectivity index is 0.00000338. The number of halogens is 1. The highest BCUT2D eigenvalue weighted by Crippen LogP contribution is 2.15. The van der Waals surface area contributed by atoms with Crippen LogP contribution in [0.2, 0.25) is 0 Å². The Morgan fingerprint density at radius 3 is 2.58 bits per heavy atom. The first-order valence-electron chi connectivity index (χ1n) is 9.61. The molecule has 2 N–H and O–H groups in total. The number of likely N-dealkylation sites (tertiary alicyclic amines) is 1. The molecule has 1 saturated heterocycles. The van der Waals surface area contributed by atoms with E-state index >= 15 is 0 Å². The fourth-order valence-electron chi connectivity index (χ4n) is 3.47. The molecule has 1 heterocycles. The average molecular weight is 473 g/mol. The molecule has 1 unspecified atom stereocenters. The molecule has 1 aromatic rings. The zero-order valence-electron chi connectivity index (χ0n) is 16.8. The number of likely N-dealkylation sites (N-methyl/N-ethyl adjacent to an activating group) is 1. The van der Waals surface area contributed by atoms with Crippen molar-refractivity contribution in [2.24, 2.45) is 4.99 Å². The summed E-state index contributed by atoms with van der Waals surface area (Å²) in [6, 6.07) is 9.22. The maximum atomic E-state index is 4.82. The van der Waals surface area contributed by atoms with Crippen LogP contribution in [0.3, 0.4) is 0 Å². The zero-order chi connectivity index (χ0) is 18.1. The number of hydrogen-bond donors (Lipinski definition) is 2. The largest absolute Gasteiger partial charge is 0.357 e. The normalized spacial score (nSPS) is 18.0. The van der Waals surface area contributed by atoms with Crippen LogP contribution < -0.4 is 10.6 Å². The molecular formula is C20H36IN5. The first-order chi connectivity index (χ1) is 12.1. The second-order valence-corrected chi connectivity index (χ2v) is 7.01. The summed E-state index contributed by atoms with van der Waals surface area (Å²) < 4.78 is 0. The van der Waals surface area contributed by atoms with Crippen molar-refractivity contribution < 1.29 is 0 Å². The molecular weight excluding hydrogens is 437 g/mol. The van der Waals surface area contributed by atoms with Gasteiger partial charge < -0.3 is 15.5 Å². The number of aliphatic imine (C=N–C) groups is 1. The van der Waals surface area contributed by atoms with Gasteiger partial charge in [-0.2, -0.15) is 0 Å². The smallest absolute Gasteiger partial charge is 0.191 e. The lowest BCUT2D eigenvalue weighted by Gasteiger charge is -2.24. The van der Waals surface area contributed by atoms with Crippen molar-refractivity contribution >= 4 is 29.9 Å². The van der Waals surface area contributed by atoms with E-state index in [0.717, 1.165) is 32.1 Å². The summed E-state index contributed by atoms with van der Waals surface area (Å²) in [5.74, 6) is 0.921. The van der Waals surface area contributed by atoms with Crippen LogP contribution in [0.15, 0.2) is 29.3 Å². The maximum Gasteiger partial charge on any atom is 0.191 e. The number of guanidine groups is 1. The third-order valence-corrected chi connectivity index (χ3v) is 4.77. The minimum absolute atomic E-state index is 0. The van der Waals surface area contributed by atoms with E-state index in [2.05, 4.69) is 72.6 Å². The van der Waals surface area contributed by atoms with E-state index in [9.17, 15) is 0 Å². The molecule has 1 atom stereocenters. The van der Waals surface area contributed by atoms with E-state index in [1.807, 2.05) is 0 Å². The lowest BCUT2D eigenvalue weighted by atomic mass is 10.1. The van der Waals surface area contributed by atoms with Crippen LogP contribution in [0.5, 0.6) is 0 Å². The van der Waals surface area contributed by atoms with Crippen LogP contribution in [-0.2, 0) is 13.1 Å². The summed E-state index contributed by atoms with van der Waals surface area (Å²) in [7, 11) is 4.21. The second kappa shape index (κ2) is 12.5. The van der Waals surface area contributed by atoms with E-state index < -0.39 is 0 Å². The van der Waals surface area contributed by atoms with Crippen LogP contribution in [0.25, 0.3) is 0 Å². The van der Waals surface area contributed by atoms with Crippen LogP contribution in [0.4, 0.5) is 0 Å². The van der Waals surface area contributed by atoms with Gasteiger partial charge in [0, 0.05) is 25.7 Å². The molecule has 0 aliphatic carbocycles. The third kappa shape index (κ3) is 7.40. The van der Waals surface area contributed by atoms with E-state index in [4.69, 9.17) is 4.99 Å². The van der Waals surface area contributed by atoms with Gasteiger partial charge in [0.1, 0.15) is 0 Å². The molecule has 148 valence electrons. The number of nitrogens with zero attached hydrogens (tertiary/aromatic N) is 3. The van der Waals surface area contributed by atoms with Gasteiger partial charge in [0.05, 0.1) is 6.54 Å². The molecule has 0 amide bonds. The number of rotatable bonds is 8. The molecule has 5 nitrogen and oxygen atoms in total. The Hall–Kier alpha value is -0.860. The van der Waals surface area contributed by atoms with Crippen molar-refractivity contribution in [1.82, 2.24) is 20.4 Å². The minimum Gasteiger partial charge on any atom is -0.357 e. The van der Waals surface area contributed by atoms with Crippen molar-refractivity contribution in [2.75, 3.05) is 40.3 Å². The Kier molecular flexibility index (Phi) is 11.2. The fourth-order valence-corrected chi connectivity index (χ4v) is 3.47. The second-order valence-electron chi connectivity index (χ2n) is 7.01. The van der Waals surface area contributed by atoms with Crippen molar-refractivity contribution in [3.8, 4) is 0 Å². The average Bonchev–Trinajstić information content (AvgIpc) is 3.05. The van der Waals surface area contributed by atoms with Gasteiger partial charge in [0.2, 0.25) is 0 Å². The topological polar surface area (TPSA) is 42.9 Å². The maximum absolute atomic E-state index is 4.82. The van der Waals surface area contributed by atoms with E-state index in [1.165, 1.54) is 30.5 Å². The minimum atomic E-state index is 0. The number of nitrogens with one attached hydrogen (secondary N) is 2. The molecule has 6 heteroatoms. The van der Waals surface area contributed by atoms with Crippen LogP contribution in [-0.4, -0.2) is 62.1 Å². The molecule has 0 radical (unpaired) electrons. The highest BCUT2D eigenvalue weighted by molar-refractivity contribution is 14.0. The van der Waals surface area contributed by atoms with Crippen LogP contribution in [0, 0.1) is 0 Å².